The van der Waals surface area contributed by atoms with Gasteiger partial charge >= 0.3 is 0 Å². The molecule has 0 radical (unpaired) electrons. The number of amides is 1. The number of carbonyl (C=O) groups excluding carboxylic acids is 1. The van der Waals surface area contributed by atoms with Crippen molar-refractivity contribution in [2.45, 2.75) is 38.8 Å². The van der Waals surface area contributed by atoms with Gasteiger partial charge in [0.1, 0.15) is 10.7 Å². The predicted molar refractivity (Wildman–Crippen MR) is 83.3 cm³/mol. The topological polar surface area (TPSA) is 83.3 Å². The van der Waals surface area contributed by atoms with Crippen molar-refractivity contribution < 1.29 is 4.79 Å². The first-order chi connectivity index (χ1) is 9.51. The number of nitrogens with one attached hydrogen (secondary N) is 2. The summed E-state index contributed by atoms with van der Waals surface area (Å²) in [4.78, 5) is 19.3. The number of hydrogen-bond donors (Lipinski definition) is 3. The second-order valence-electron chi connectivity index (χ2n) is 5.29. The van der Waals surface area contributed by atoms with Crippen molar-refractivity contribution in [3.05, 3.63) is 4.88 Å². The Balaban J connectivity index is 1.98. The van der Waals surface area contributed by atoms with E-state index in [1.54, 1.807) is 0 Å². The summed E-state index contributed by atoms with van der Waals surface area (Å²) in [5, 5.41) is 6.86. The molecule has 20 heavy (non-hydrogen) atoms. The minimum Gasteiger partial charge on any atom is -0.382 e. The van der Waals surface area contributed by atoms with Gasteiger partial charge in [0.25, 0.3) is 5.91 Å². The smallest absolute Gasteiger partial charge is 0.265 e. The fourth-order valence-corrected chi connectivity index (χ4v) is 3.25. The number of nitrogens with two attached hydrogens (primary N) is 1. The minimum absolute atomic E-state index is 0.106. The number of thiazole rings is 1. The molecule has 0 spiro atoms. The van der Waals surface area contributed by atoms with Gasteiger partial charge in [-0.25, -0.2) is 4.98 Å². The van der Waals surface area contributed by atoms with Crippen LogP contribution >= 0.6 is 11.3 Å². The molecule has 0 aromatic carbocycles. The van der Waals surface area contributed by atoms with E-state index in [-0.39, 0.29) is 11.9 Å². The van der Waals surface area contributed by atoms with Crippen molar-refractivity contribution in [3.8, 4) is 0 Å². The number of nitrogen functional groups attached to an aromatic ring is 1. The standard InChI is InChI=1S/C13H23N5OS/c1-4-15-13-17-11(14)10(20-13)12(19)16-9-5-6-18(3)8(2)7-9/h8-9H,4-7,14H2,1-3H3,(H,15,17)(H,16,19). The molecule has 6 nitrogen and oxygen atoms in total. The van der Waals surface area contributed by atoms with Crippen molar-refractivity contribution in [1.82, 2.24) is 15.2 Å². The fourth-order valence-electron chi connectivity index (χ4n) is 2.39. The lowest BCUT2D eigenvalue weighted by molar-refractivity contribution is 0.0901. The summed E-state index contributed by atoms with van der Waals surface area (Å²) in [6, 6.07) is 0.711. The molecule has 2 heterocycles. The Morgan fingerprint density at radius 2 is 2.35 bits per heavy atom. The van der Waals surface area contributed by atoms with Gasteiger partial charge in [0.05, 0.1) is 0 Å². The molecule has 1 aliphatic heterocycles. The summed E-state index contributed by atoms with van der Waals surface area (Å²) >= 11 is 1.31. The quantitative estimate of drug-likeness (QED) is 0.782. The van der Waals surface area contributed by atoms with Crippen LogP contribution in [0.5, 0.6) is 0 Å². The third kappa shape index (κ3) is 3.40. The van der Waals surface area contributed by atoms with Gasteiger partial charge in [0.2, 0.25) is 0 Å². The van der Waals surface area contributed by atoms with Crippen molar-refractivity contribution >= 4 is 28.2 Å². The van der Waals surface area contributed by atoms with Crippen LogP contribution in [0.25, 0.3) is 0 Å². The van der Waals surface area contributed by atoms with E-state index in [1.165, 1.54) is 11.3 Å². The molecule has 0 bridgehead atoms. The first-order valence-electron chi connectivity index (χ1n) is 7.02. The lowest BCUT2D eigenvalue weighted by Crippen LogP contribution is -2.47. The Hall–Kier alpha value is -1.34. The summed E-state index contributed by atoms with van der Waals surface area (Å²) in [6.45, 7) is 5.94. The Bertz CT molecular complexity index is 475. The molecule has 1 fully saturated rings. The molecule has 2 rings (SSSR count). The van der Waals surface area contributed by atoms with Crippen LogP contribution in [0.2, 0.25) is 0 Å². The Labute approximate surface area is 123 Å². The summed E-state index contributed by atoms with van der Waals surface area (Å²) in [5.74, 6) is 0.204. The van der Waals surface area contributed by atoms with Crippen LogP contribution in [0.15, 0.2) is 0 Å². The van der Waals surface area contributed by atoms with Crippen LogP contribution in [0, 0.1) is 0 Å². The molecule has 4 N–H and O–H groups in total. The van der Waals surface area contributed by atoms with Crippen LogP contribution in [0.3, 0.4) is 0 Å². The molecule has 1 aliphatic rings. The third-order valence-corrected chi connectivity index (χ3v) is 4.76. The predicted octanol–water partition coefficient (Wildman–Crippen LogP) is 1.37. The van der Waals surface area contributed by atoms with Gasteiger partial charge in [-0.15, -0.1) is 0 Å². The van der Waals surface area contributed by atoms with Gasteiger partial charge in [-0.05, 0) is 33.7 Å². The fraction of sp³-hybridized carbons (Fsp3) is 0.692. The molecule has 1 aromatic heterocycles. The lowest BCUT2D eigenvalue weighted by atomic mass is 9.99. The van der Waals surface area contributed by atoms with E-state index in [9.17, 15) is 4.79 Å². The molecular formula is C13H23N5OS. The zero-order valence-corrected chi connectivity index (χ0v) is 13.1. The SMILES string of the molecule is CCNc1nc(N)c(C(=O)NC2CCN(C)C(C)C2)s1. The average Bonchev–Trinajstić information content (AvgIpc) is 2.75. The van der Waals surface area contributed by atoms with E-state index < -0.39 is 0 Å². The van der Waals surface area contributed by atoms with E-state index in [4.69, 9.17) is 5.73 Å². The first kappa shape index (κ1) is 15.1. The zero-order chi connectivity index (χ0) is 14.7. The summed E-state index contributed by atoms with van der Waals surface area (Å²) in [5.41, 5.74) is 5.82. The monoisotopic (exact) mass is 297 g/mol. The van der Waals surface area contributed by atoms with Crippen molar-refractivity contribution in [1.29, 1.82) is 0 Å². The van der Waals surface area contributed by atoms with Crippen molar-refractivity contribution in [2.24, 2.45) is 0 Å². The molecule has 1 aromatic rings. The van der Waals surface area contributed by atoms with E-state index in [0.717, 1.165) is 25.9 Å². The molecule has 1 saturated heterocycles. The Morgan fingerprint density at radius 3 is 3.00 bits per heavy atom. The number of anilines is 2. The van der Waals surface area contributed by atoms with Crippen LogP contribution in [0.1, 0.15) is 36.4 Å². The highest BCUT2D eigenvalue weighted by molar-refractivity contribution is 7.18. The molecule has 0 aliphatic carbocycles. The van der Waals surface area contributed by atoms with Gasteiger partial charge in [0, 0.05) is 25.2 Å². The minimum atomic E-state index is -0.106. The Morgan fingerprint density at radius 1 is 1.60 bits per heavy atom. The third-order valence-electron chi connectivity index (χ3n) is 3.73. The number of likely N-dealkylation sites (tertiary alicyclic amines) is 1. The number of piperidine rings is 1. The molecule has 0 saturated carbocycles. The second-order valence-corrected chi connectivity index (χ2v) is 6.29. The van der Waals surface area contributed by atoms with Crippen molar-refractivity contribution in [2.75, 3.05) is 31.2 Å². The molecular weight excluding hydrogens is 274 g/mol. The van der Waals surface area contributed by atoms with Crippen LogP contribution in [-0.4, -0.2) is 48.0 Å². The van der Waals surface area contributed by atoms with Crippen LogP contribution in [-0.2, 0) is 0 Å². The molecule has 112 valence electrons. The zero-order valence-electron chi connectivity index (χ0n) is 12.3. The maximum atomic E-state index is 12.3. The number of aromatic nitrogens is 1. The summed E-state index contributed by atoms with van der Waals surface area (Å²) < 4.78 is 0. The lowest BCUT2D eigenvalue weighted by Gasteiger charge is -2.35. The van der Waals surface area contributed by atoms with E-state index in [2.05, 4.69) is 34.5 Å². The Kier molecular flexibility index (Phi) is 4.82. The molecule has 2 atom stereocenters. The van der Waals surface area contributed by atoms with Gasteiger partial charge in [-0.1, -0.05) is 11.3 Å². The van der Waals surface area contributed by atoms with E-state index in [0.29, 0.717) is 21.9 Å². The van der Waals surface area contributed by atoms with Gasteiger partial charge in [-0.2, -0.15) is 0 Å². The highest BCUT2D eigenvalue weighted by Gasteiger charge is 2.25. The maximum Gasteiger partial charge on any atom is 0.265 e. The average molecular weight is 297 g/mol. The maximum absolute atomic E-state index is 12.3. The number of rotatable bonds is 4. The molecule has 7 heteroatoms. The van der Waals surface area contributed by atoms with Gasteiger partial charge < -0.3 is 21.3 Å². The highest BCUT2D eigenvalue weighted by atomic mass is 32.1. The van der Waals surface area contributed by atoms with Gasteiger partial charge in [0.15, 0.2) is 5.13 Å². The number of nitrogens with zero attached hydrogens (tertiary/aromatic N) is 2. The summed E-state index contributed by atoms with van der Waals surface area (Å²) in [6.07, 6.45) is 1.95. The van der Waals surface area contributed by atoms with Crippen molar-refractivity contribution in [3.63, 3.8) is 0 Å². The molecule has 2 unspecified atom stereocenters. The van der Waals surface area contributed by atoms with E-state index in [1.807, 2.05) is 6.92 Å². The summed E-state index contributed by atoms with van der Waals surface area (Å²) in [7, 11) is 2.12. The molecule has 1 amide bonds. The first-order valence-corrected chi connectivity index (χ1v) is 7.84. The number of carbonyl (C=O) groups is 1. The largest absolute Gasteiger partial charge is 0.382 e. The van der Waals surface area contributed by atoms with Crippen LogP contribution < -0.4 is 16.4 Å². The van der Waals surface area contributed by atoms with Crippen LogP contribution in [0.4, 0.5) is 10.9 Å². The second kappa shape index (κ2) is 6.41. The van der Waals surface area contributed by atoms with Gasteiger partial charge in [-0.3, -0.25) is 4.79 Å². The van der Waals surface area contributed by atoms with E-state index >= 15 is 0 Å². The highest BCUT2D eigenvalue weighted by Crippen LogP contribution is 2.25. The normalized spacial score (nSPS) is 23.6. The number of hydrogen-bond acceptors (Lipinski definition) is 6.